The number of rotatable bonds is 5. The molecule has 0 radical (unpaired) electrons. The van der Waals surface area contributed by atoms with Crippen LogP contribution in [0, 0.1) is 5.82 Å². The van der Waals surface area contributed by atoms with Gasteiger partial charge in [0.05, 0.1) is 19.8 Å². The van der Waals surface area contributed by atoms with Crippen LogP contribution in [0.3, 0.4) is 0 Å². The largest absolute Gasteiger partial charge is 0.376 e. The molecular formula is C21H21FN4O2. The first kappa shape index (κ1) is 18.3. The van der Waals surface area contributed by atoms with Crippen LogP contribution < -0.4 is 0 Å². The van der Waals surface area contributed by atoms with E-state index in [2.05, 4.69) is 10.1 Å². The molecule has 2 aromatic heterocycles. The van der Waals surface area contributed by atoms with E-state index in [4.69, 9.17) is 4.74 Å². The maximum Gasteiger partial charge on any atom is 0.274 e. The molecule has 6 nitrogen and oxygen atoms in total. The van der Waals surface area contributed by atoms with Crippen molar-refractivity contribution in [1.29, 1.82) is 0 Å². The minimum atomic E-state index is -0.271. The maximum absolute atomic E-state index is 13.2. The summed E-state index contributed by atoms with van der Waals surface area (Å²) in [5, 5.41) is 4.61. The second kappa shape index (κ2) is 7.90. The number of nitrogens with zero attached hydrogens (tertiary/aromatic N) is 4. The summed E-state index contributed by atoms with van der Waals surface area (Å²) in [4.78, 5) is 18.8. The molecule has 0 aliphatic carbocycles. The van der Waals surface area contributed by atoms with E-state index in [9.17, 15) is 9.18 Å². The van der Waals surface area contributed by atoms with Crippen molar-refractivity contribution >= 4 is 5.91 Å². The number of aromatic nitrogens is 3. The Balaban J connectivity index is 1.60. The van der Waals surface area contributed by atoms with Crippen LogP contribution in [0.2, 0.25) is 0 Å². The lowest BCUT2D eigenvalue weighted by Crippen LogP contribution is -2.28. The van der Waals surface area contributed by atoms with Crippen molar-refractivity contribution in [2.45, 2.75) is 26.1 Å². The predicted octanol–water partition coefficient (Wildman–Crippen LogP) is 2.81. The standard InChI is InChI=1S/C21H21FN4O2/c1-25(12-16-3-2-9-23-11-16)21(27)20-18-14-28-10-8-19(18)26(24-20)13-15-4-6-17(22)7-5-15/h2-7,9,11H,8,10,12-14H2,1H3. The van der Waals surface area contributed by atoms with Crippen LogP contribution in [0.25, 0.3) is 0 Å². The van der Waals surface area contributed by atoms with Crippen molar-refractivity contribution in [3.63, 3.8) is 0 Å². The van der Waals surface area contributed by atoms with Gasteiger partial charge in [-0.05, 0) is 29.3 Å². The molecule has 1 aliphatic heterocycles. The summed E-state index contributed by atoms with van der Waals surface area (Å²) in [5.74, 6) is -0.420. The zero-order valence-electron chi connectivity index (χ0n) is 15.6. The molecule has 28 heavy (non-hydrogen) atoms. The second-order valence-electron chi connectivity index (χ2n) is 6.88. The van der Waals surface area contributed by atoms with Crippen molar-refractivity contribution in [1.82, 2.24) is 19.7 Å². The molecular weight excluding hydrogens is 359 g/mol. The third-order valence-electron chi connectivity index (χ3n) is 4.83. The van der Waals surface area contributed by atoms with Crippen molar-refractivity contribution in [2.75, 3.05) is 13.7 Å². The minimum absolute atomic E-state index is 0.150. The minimum Gasteiger partial charge on any atom is -0.376 e. The molecule has 4 rings (SSSR count). The van der Waals surface area contributed by atoms with E-state index in [0.29, 0.717) is 38.4 Å². The molecule has 1 amide bonds. The number of hydrogen-bond donors (Lipinski definition) is 0. The molecule has 0 saturated carbocycles. The molecule has 0 N–H and O–H groups in total. The van der Waals surface area contributed by atoms with Gasteiger partial charge in [-0.3, -0.25) is 14.5 Å². The molecule has 3 aromatic rings. The average Bonchev–Trinajstić information content (AvgIpc) is 3.08. The Hall–Kier alpha value is -3.06. The highest BCUT2D eigenvalue weighted by Gasteiger charge is 2.27. The Morgan fingerprint density at radius 3 is 2.82 bits per heavy atom. The lowest BCUT2D eigenvalue weighted by atomic mass is 10.1. The summed E-state index contributed by atoms with van der Waals surface area (Å²) < 4.78 is 20.6. The van der Waals surface area contributed by atoms with Crippen LogP contribution in [0.15, 0.2) is 48.8 Å². The van der Waals surface area contributed by atoms with Gasteiger partial charge in [0.1, 0.15) is 5.82 Å². The summed E-state index contributed by atoms with van der Waals surface area (Å²) >= 11 is 0. The number of benzene rings is 1. The zero-order valence-corrected chi connectivity index (χ0v) is 15.6. The quantitative estimate of drug-likeness (QED) is 0.683. The van der Waals surface area contributed by atoms with Crippen molar-refractivity contribution in [2.24, 2.45) is 0 Å². The predicted molar refractivity (Wildman–Crippen MR) is 101 cm³/mol. The zero-order chi connectivity index (χ0) is 19.5. The second-order valence-corrected chi connectivity index (χ2v) is 6.88. The Morgan fingerprint density at radius 2 is 2.07 bits per heavy atom. The van der Waals surface area contributed by atoms with Gasteiger partial charge < -0.3 is 9.64 Å². The van der Waals surface area contributed by atoms with Gasteiger partial charge >= 0.3 is 0 Å². The summed E-state index contributed by atoms with van der Waals surface area (Å²) in [6, 6.07) is 10.1. The summed E-state index contributed by atoms with van der Waals surface area (Å²) in [6.07, 6.45) is 4.15. The van der Waals surface area contributed by atoms with Gasteiger partial charge in [0.2, 0.25) is 0 Å². The molecule has 0 fully saturated rings. The van der Waals surface area contributed by atoms with Crippen molar-refractivity contribution in [3.05, 3.63) is 82.7 Å². The molecule has 7 heteroatoms. The highest BCUT2D eigenvalue weighted by atomic mass is 19.1. The highest BCUT2D eigenvalue weighted by molar-refractivity contribution is 5.93. The molecule has 0 bridgehead atoms. The number of amides is 1. The van der Waals surface area contributed by atoms with E-state index in [1.807, 2.05) is 16.8 Å². The Bertz CT molecular complexity index is 970. The topological polar surface area (TPSA) is 60.2 Å². The number of hydrogen-bond acceptors (Lipinski definition) is 4. The van der Waals surface area contributed by atoms with Gasteiger partial charge in [0, 0.05) is 43.7 Å². The average molecular weight is 380 g/mol. The lowest BCUT2D eigenvalue weighted by Gasteiger charge is -2.18. The Labute approximate surface area is 162 Å². The van der Waals surface area contributed by atoms with Gasteiger partial charge in [0.25, 0.3) is 5.91 Å². The number of carbonyl (C=O) groups excluding carboxylic acids is 1. The summed E-state index contributed by atoms with van der Waals surface area (Å²) in [5.41, 5.74) is 4.16. The monoisotopic (exact) mass is 380 g/mol. The smallest absolute Gasteiger partial charge is 0.274 e. The number of carbonyl (C=O) groups is 1. The molecule has 0 saturated heterocycles. The van der Waals surface area contributed by atoms with Crippen molar-refractivity contribution in [3.8, 4) is 0 Å². The fourth-order valence-corrected chi connectivity index (χ4v) is 3.39. The van der Waals surface area contributed by atoms with Gasteiger partial charge in [-0.1, -0.05) is 18.2 Å². The van der Waals surface area contributed by atoms with Crippen LogP contribution in [-0.2, 0) is 30.9 Å². The Kier molecular flexibility index (Phi) is 5.16. The van der Waals surface area contributed by atoms with E-state index < -0.39 is 0 Å². The number of halogens is 1. The molecule has 1 aliphatic rings. The number of fused-ring (bicyclic) bond motifs is 1. The summed E-state index contributed by atoms with van der Waals surface area (Å²) in [6.45, 7) is 1.91. The third-order valence-corrected chi connectivity index (χ3v) is 4.83. The number of pyridine rings is 1. The van der Waals surface area contributed by atoms with E-state index in [0.717, 1.165) is 22.4 Å². The molecule has 1 aromatic carbocycles. The molecule has 144 valence electrons. The normalized spacial score (nSPS) is 13.2. The van der Waals surface area contributed by atoms with Gasteiger partial charge in [-0.2, -0.15) is 5.10 Å². The van der Waals surface area contributed by atoms with Crippen LogP contribution in [0.1, 0.15) is 32.9 Å². The fourth-order valence-electron chi connectivity index (χ4n) is 3.39. The van der Waals surface area contributed by atoms with E-state index in [1.54, 1.807) is 36.5 Å². The third kappa shape index (κ3) is 3.80. The first-order valence-corrected chi connectivity index (χ1v) is 9.17. The molecule has 0 atom stereocenters. The van der Waals surface area contributed by atoms with Crippen molar-refractivity contribution < 1.29 is 13.9 Å². The maximum atomic E-state index is 13.2. The number of ether oxygens (including phenoxy) is 1. The van der Waals surface area contributed by atoms with Gasteiger partial charge in [-0.25, -0.2) is 4.39 Å². The first-order chi connectivity index (χ1) is 13.6. The van der Waals surface area contributed by atoms with Gasteiger partial charge in [0.15, 0.2) is 5.69 Å². The van der Waals surface area contributed by atoms with Gasteiger partial charge in [-0.15, -0.1) is 0 Å². The first-order valence-electron chi connectivity index (χ1n) is 9.17. The van der Waals surface area contributed by atoms with Crippen LogP contribution in [-0.4, -0.2) is 39.2 Å². The molecule has 3 heterocycles. The van der Waals surface area contributed by atoms with E-state index >= 15 is 0 Å². The van der Waals surface area contributed by atoms with Crippen LogP contribution in [0.4, 0.5) is 4.39 Å². The van der Waals surface area contributed by atoms with E-state index in [1.165, 1.54) is 12.1 Å². The SMILES string of the molecule is CN(Cc1cccnc1)C(=O)c1nn(Cc2ccc(F)cc2)c2c1COCC2. The lowest BCUT2D eigenvalue weighted by molar-refractivity contribution is 0.0764. The summed E-state index contributed by atoms with van der Waals surface area (Å²) in [7, 11) is 1.75. The molecule has 0 unspecified atom stereocenters. The Morgan fingerprint density at radius 1 is 1.25 bits per heavy atom. The fraction of sp³-hybridized carbons (Fsp3) is 0.286. The highest BCUT2D eigenvalue weighted by Crippen LogP contribution is 2.23. The van der Waals surface area contributed by atoms with E-state index in [-0.39, 0.29) is 11.7 Å². The van der Waals surface area contributed by atoms with Crippen LogP contribution in [0.5, 0.6) is 0 Å². The molecule has 0 spiro atoms. The van der Waals surface area contributed by atoms with Crippen LogP contribution >= 0.6 is 0 Å².